The van der Waals surface area contributed by atoms with Gasteiger partial charge in [0.25, 0.3) is 0 Å². The van der Waals surface area contributed by atoms with E-state index < -0.39 is 6.10 Å². The third-order valence-corrected chi connectivity index (χ3v) is 6.29. The molecular weight excluding hydrogens is 535 g/mol. The summed E-state index contributed by atoms with van der Waals surface area (Å²) in [7, 11) is 1.71. The van der Waals surface area contributed by atoms with E-state index >= 15 is 0 Å². The van der Waals surface area contributed by atoms with E-state index in [-0.39, 0.29) is 24.0 Å². The summed E-state index contributed by atoms with van der Waals surface area (Å²) in [5, 5.41) is 17.0. The Kier molecular flexibility index (Phi) is 10.5. The molecule has 166 valence electrons. The molecule has 2 heterocycles. The van der Waals surface area contributed by atoms with Gasteiger partial charge in [0.2, 0.25) is 0 Å². The second-order valence-electron chi connectivity index (χ2n) is 7.03. The van der Waals surface area contributed by atoms with Gasteiger partial charge < -0.3 is 25.4 Å². The van der Waals surface area contributed by atoms with E-state index in [0.717, 1.165) is 54.9 Å². The van der Waals surface area contributed by atoms with Gasteiger partial charge in [-0.25, -0.2) is 0 Å². The molecule has 2 atom stereocenters. The van der Waals surface area contributed by atoms with Gasteiger partial charge in [-0.2, -0.15) is 0 Å². The number of halogens is 2. The van der Waals surface area contributed by atoms with Crippen molar-refractivity contribution in [1.82, 2.24) is 10.6 Å². The molecule has 6 nitrogen and oxygen atoms in total. The summed E-state index contributed by atoms with van der Waals surface area (Å²) in [4.78, 5) is 7.74. The van der Waals surface area contributed by atoms with Crippen molar-refractivity contribution in [2.45, 2.75) is 19.4 Å². The van der Waals surface area contributed by atoms with Crippen LogP contribution in [-0.4, -0.2) is 50.9 Å². The van der Waals surface area contributed by atoms with Crippen LogP contribution in [-0.2, 0) is 0 Å². The number of hydrogen-bond donors (Lipinski definition) is 3. The van der Waals surface area contributed by atoms with Crippen LogP contribution in [0.5, 0.6) is 5.75 Å². The van der Waals surface area contributed by atoms with Crippen LogP contribution >= 0.6 is 46.9 Å². The van der Waals surface area contributed by atoms with Gasteiger partial charge in [0.15, 0.2) is 5.96 Å². The number of anilines is 1. The highest BCUT2D eigenvalue weighted by Crippen LogP contribution is 2.31. The predicted molar refractivity (Wildman–Crippen MR) is 137 cm³/mol. The molecule has 2 unspecified atom stereocenters. The second-order valence-corrected chi connectivity index (χ2v) is 8.78. The van der Waals surface area contributed by atoms with Gasteiger partial charge >= 0.3 is 0 Å². The quantitative estimate of drug-likeness (QED) is 0.255. The van der Waals surface area contributed by atoms with Crippen molar-refractivity contribution in [1.29, 1.82) is 0 Å². The van der Waals surface area contributed by atoms with E-state index in [2.05, 4.69) is 26.6 Å². The molecule has 0 bridgehead atoms. The predicted octanol–water partition coefficient (Wildman–Crippen LogP) is 4.14. The van der Waals surface area contributed by atoms with E-state index in [0.29, 0.717) is 16.8 Å². The molecule has 1 aliphatic heterocycles. The van der Waals surface area contributed by atoms with Crippen LogP contribution in [0.3, 0.4) is 0 Å². The number of benzene rings is 1. The Morgan fingerprint density at radius 2 is 2.13 bits per heavy atom. The van der Waals surface area contributed by atoms with Crippen molar-refractivity contribution in [3.63, 3.8) is 0 Å². The number of para-hydroxylation sites is 2. The fraction of sp³-hybridized carbons (Fsp3) is 0.476. The molecule has 1 saturated heterocycles. The molecule has 0 radical (unpaired) electrons. The van der Waals surface area contributed by atoms with E-state index in [1.54, 1.807) is 13.2 Å². The Hall–Kier alpha value is -1.23. The Morgan fingerprint density at radius 1 is 1.33 bits per heavy atom. The average molecular weight is 565 g/mol. The lowest BCUT2D eigenvalue weighted by Gasteiger charge is -2.21. The molecule has 2 aromatic rings. The second kappa shape index (κ2) is 12.6. The van der Waals surface area contributed by atoms with Crippen LogP contribution in [0.25, 0.3) is 0 Å². The first-order valence-electron chi connectivity index (χ1n) is 9.94. The normalized spacial score (nSPS) is 17.4. The minimum Gasteiger partial charge on any atom is -0.495 e. The maximum atomic E-state index is 10.3. The number of ether oxygens (including phenoxy) is 1. The van der Waals surface area contributed by atoms with Crippen molar-refractivity contribution in [2.75, 3.05) is 44.7 Å². The smallest absolute Gasteiger partial charge is 0.191 e. The molecular formula is C21H30ClIN4O2S. The number of nitrogens with one attached hydrogen (secondary N) is 2. The Bertz CT molecular complexity index is 820. The maximum absolute atomic E-state index is 10.3. The first kappa shape index (κ1) is 25.0. The first-order valence-corrected chi connectivity index (χ1v) is 11.1. The highest BCUT2D eigenvalue weighted by Gasteiger charge is 2.24. The van der Waals surface area contributed by atoms with Crippen LogP contribution in [0.4, 0.5) is 5.69 Å². The standard InChI is InChI=1S/C21H29ClN4O2S.HI/c1-3-23-21(25-13-17(27)19-8-9-20(22)29-19)24-12-15-10-11-26(14-15)16-6-4-5-7-18(16)28-2;/h4-9,15,17,27H,3,10-14H2,1-2H3,(H2,23,24,25);1H. The SMILES string of the molecule is CCNC(=NCC(O)c1ccc(Cl)s1)NCC1CCN(c2ccccc2OC)C1.I. The van der Waals surface area contributed by atoms with Gasteiger partial charge in [-0.05, 0) is 43.5 Å². The summed E-state index contributed by atoms with van der Waals surface area (Å²) >= 11 is 7.33. The van der Waals surface area contributed by atoms with Gasteiger partial charge in [0.1, 0.15) is 11.9 Å². The van der Waals surface area contributed by atoms with Crippen LogP contribution < -0.4 is 20.3 Å². The monoisotopic (exact) mass is 564 g/mol. The third-order valence-electron chi connectivity index (χ3n) is 4.96. The number of aliphatic hydroxyl groups excluding tert-OH is 1. The lowest BCUT2D eigenvalue weighted by molar-refractivity contribution is 0.191. The Balaban J connectivity index is 0.00000320. The molecule has 1 aromatic heterocycles. The van der Waals surface area contributed by atoms with Crippen molar-refractivity contribution < 1.29 is 9.84 Å². The summed E-state index contributed by atoms with van der Waals surface area (Å²) < 4.78 is 6.17. The highest BCUT2D eigenvalue weighted by molar-refractivity contribution is 14.0. The zero-order valence-electron chi connectivity index (χ0n) is 17.3. The van der Waals surface area contributed by atoms with Crippen molar-refractivity contribution in [3.8, 4) is 5.75 Å². The molecule has 1 aliphatic rings. The number of rotatable bonds is 8. The van der Waals surface area contributed by atoms with E-state index in [4.69, 9.17) is 16.3 Å². The van der Waals surface area contributed by atoms with Gasteiger partial charge in [-0.3, -0.25) is 4.99 Å². The number of guanidine groups is 1. The molecule has 3 N–H and O–H groups in total. The fourth-order valence-electron chi connectivity index (χ4n) is 3.47. The lowest BCUT2D eigenvalue weighted by Crippen LogP contribution is -2.40. The summed E-state index contributed by atoms with van der Waals surface area (Å²) in [5.74, 6) is 2.16. The number of hydrogen-bond acceptors (Lipinski definition) is 5. The Labute approximate surface area is 204 Å². The largest absolute Gasteiger partial charge is 0.495 e. The zero-order chi connectivity index (χ0) is 20.6. The average Bonchev–Trinajstić information content (AvgIpc) is 3.39. The minimum absolute atomic E-state index is 0. The Morgan fingerprint density at radius 3 is 2.83 bits per heavy atom. The lowest BCUT2D eigenvalue weighted by atomic mass is 10.1. The summed E-state index contributed by atoms with van der Waals surface area (Å²) in [5.41, 5.74) is 1.15. The van der Waals surface area contributed by atoms with Crippen LogP contribution in [0.1, 0.15) is 24.3 Å². The summed E-state index contributed by atoms with van der Waals surface area (Å²) in [6.45, 7) is 5.92. The number of methoxy groups -OCH3 is 1. The van der Waals surface area contributed by atoms with Gasteiger partial charge in [-0.15, -0.1) is 35.3 Å². The summed E-state index contributed by atoms with van der Waals surface area (Å²) in [6.07, 6.45) is 0.469. The van der Waals surface area contributed by atoms with E-state index in [1.165, 1.54) is 11.3 Å². The molecule has 1 aromatic carbocycles. The van der Waals surface area contributed by atoms with Crippen LogP contribution in [0, 0.1) is 5.92 Å². The molecule has 0 saturated carbocycles. The van der Waals surface area contributed by atoms with E-state index in [9.17, 15) is 5.11 Å². The third kappa shape index (κ3) is 6.90. The van der Waals surface area contributed by atoms with Gasteiger partial charge in [0, 0.05) is 31.1 Å². The highest BCUT2D eigenvalue weighted by atomic mass is 127. The van der Waals surface area contributed by atoms with Crippen molar-refractivity contribution >= 4 is 58.6 Å². The van der Waals surface area contributed by atoms with Crippen molar-refractivity contribution in [3.05, 3.63) is 45.6 Å². The topological polar surface area (TPSA) is 69.1 Å². The molecule has 0 amide bonds. The molecule has 3 rings (SSSR count). The maximum Gasteiger partial charge on any atom is 0.191 e. The molecule has 0 aliphatic carbocycles. The molecule has 0 spiro atoms. The zero-order valence-corrected chi connectivity index (χ0v) is 21.2. The van der Waals surface area contributed by atoms with Crippen LogP contribution in [0.2, 0.25) is 4.34 Å². The molecule has 1 fully saturated rings. The first-order chi connectivity index (χ1) is 14.1. The number of nitrogens with zero attached hydrogens (tertiary/aromatic N) is 2. The molecule has 30 heavy (non-hydrogen) atoms. The van der Waals surface area contributed by atoms with Crippen LogP contribution in [0.15, 0.2) is 41.4 Å². The summed E-state index contributed by atoms with van der Waals surface area (Å²) in [6, 6.07) is 11.8. The number of aliphatic hydroxyl groups is 1. The van der Waals surface area contributed by atoms with Gasteiger partial charge in [0.05, 0.1) is 23.7 Å². The fourth-order valence-corrected chi connectivity index (χ4v) is 4.51. The van der Waals surface area contributed by atoms with Gasteiger partial charge in [-0.1, -0.05) is 23.7 Å². The van der Waals surface area contributed by atoms with E-state index in [1.807, 2.05) is 31.2 Å². The number of aliphatic imine (C=N–C) groups is 1. The molecule has 9 heteroatoms. The minimum atomic E-state index is -0.643. The van der Waals surface area contributed by atoms with Crippen molar-refractivity contribution in [2.24, 2.45) is 10.9 Å². The number of thiophene rings is 1.